The Morgan fingerprint density at radius 1 is 1.28 bits per heavy atom. The number of nitrogens with zero attached hydrogens (tertiary/aromatic N) is 4. The predicted octanol–water partition coefficient (Wildman–Crippen LogP) is 1.85. The lowest BCUT2D eigenvalue weighted by atomic mass is 9.99. The van der Waals surface area contributed by atoms with Crippen molar-refractivity contribution < 1.29 is 4.79 Å². The quantitative estimate of drug-likeness (QED) is 0.815. The maximum Gasteiger partial charge on any atom is 0.237 e. The summed E-state index contributed by atoms with van der Waals surface area (Å²) < 4.78 is 1.90. The van der Waals surface area contributed by atoms with Crippen LogP contribution in [-0.2, 0) is 24.3 Å². The van der Waals surface area contributed by atoms with Crippen molar-refractivity contribution in [2.75, 3.05) is 13.1 Å². The molecule has 1 atom stereocenters. The van der Waals surface area contributed by atoms with Gasteiger partial charge in [0.1, 0.15) is 11.6 Å². The van der Waals surface area contributed by atoms with E-state index in [2.05, 4.69) is 44.6 Å². The molecule has 0 saturated carbocycles. The molecular weight excluding hydrogens is 314 g/mol. The summed E-state index contributed by atoms with van der Waals surface area (Å²) in [5.74, 6) is 1.82. The second-order valence-corrected chi connectivity index (χ2v) is 6.74. The minimum Gasteiger partial charge on any atom is -0.355 e. The van der Waals surface area contributed by atoms with Crippen molar-refractivity contribution in [2.24, 2.45) is 0 Å². The van der Waals surface area contributed by atoms with Crippen LogP contribution < -0.4 is 5.32 Å². The number of amides is 1. The summed E-state index contributed by atoms with van der Waals surface area (Å²) in [6.07, 6.45) is 1.86. The van der Waals surface area contributed by atoms with Gasteiger partial charge in [0.25, 0.3) is 0 Å². The molecule has 0 spiro atoms. The summed E-state index contributed by atoms with van der Waals surface area (Å²) >= 11 is 0. The third-order valence-corrected chi connectivity index (χ3v) is 4.90. The van der Waals surface area contributed by atoms with E-state index in [0.29, 0.717) is 6.54 Å². The lowest BCUT2D eigenvalue weighted by Gasteiger charge is -2.32. The highest BCUT2D eigenvalue weighted by atomic mass is 16.2. The molecule has 0 bridgehead atoms. The number of carbonyl (C=O) groups excluding carboxylic acids is 1. The van der Waals surface area contributed by atoms with Gasteiger partial charge < -0.3 is 5.32 Å². The molecule has 25 heavy (non-hydrogen) atoms. The number of nitrogens with one attached hydrogen (secondary N) is 1. The Bertz CT molecular complexity index is 739. The molecule has 1 N–H and O–H groups in total. The minimum absolute atomic E-state index is 0.103. The Kier molecular flexibility index (Phi) is 5.48. The Morgan fingerprint density at radius 3 is 2.76 bits per heavy atom. The highest BCUT2D eigenvalue weighted by molar-refractivity contribution is 5.81. The number of aryl methyl sites for hydroxylation is 3. The number of aromatic nitrogens is 3. The van der Waals surface area contributed by atoms with Crippen molar-refractivity contribution >= 4 is 5.91 Å². The monoisotopic (exact) mass is 341 g/mol. The summed E-state index contributed by atoms with van der Waals surface area (Å²) in [6, 6.07) is 8.40. The van der Waals surface area contributed by atoms with Crippen molar-refractivity contribution in [2.45, 2.75) is 52.7 Å². The average Bonchev–Trinajstić information content (AvgIpc) is 2.94. The summed E-state index contributed by atoms with van der Waals surface area (Å²) in [5.41, 5.74) is 2.75. The zero-order chi connectivity index (χ0) is 17.8. The topological polar surface area (TPSA) is 63.1 Å². The van der Waals surface area contributed by atoms with Gasteiger partial charge in [-0.2, -0.15) is 5.10 Å². The highest BCUT2D eigenvalue weighted by Crippen LogP contribution is 2.20. The van der Waals surface area contributed by atoms with Crippen LogP contribution in [0.2, 0.25) is 0 Å². The molecule has 0 aliphatic carbocycles. The summed E-state index contributed by atoms with van der Waals surface area (Å²) in [6.45, 7) is 9.06. The zero-order valence-electron chi connectivity index (χ0n) is 15.3. The molecule has 1 aromatic carbocycles. The Balaban J connectivity index is 1.44. The van der Waals surface area contributed by atoms with E-state index < -0.39 is 0 Å². The maximum atomic E-state index is 12.4. The van der Waals surface area contributed by atoms with E-state index in [1.165, 1.54) is 11.1 Å². The largest absolute Gasteiger partial charge is 0.355 e. The third kappa shape index (κ3) is 4.25. The molecule has 1 amide bonds. The fourth-order valence-electron chi connectivity index (χ4n) is 3.38. The molecule has 2 heterocycles. The first-order valence-corrected chi connectivity index (χ1v) is 9.01. The summed E-state index contributed by atoms with van der Waals surface area (Å²) in [4.78, 5) is 19.0. The molecule has 1 aromatic heterocycles. The van der Waals surface area contributed by atoms with Crippen LogP contribution in [0.5, 0.6) is 0 Å². The van der Waals surface area contributed by atoms with Crippen LogP contribution in [0, 0.1) is 13.8 Å². The van der Waals surface area contributed by atoms with Crippen LogP contribution in [0.1, 0.15) is 36.1 Å². The van der Waals surface area contributed by atoms with Gasteiger partial charge in [0.2, 0.25) is 5.91 Å². The Labute approximate surface area is 149 Å². The smallest absolute Gasteiger partial charge is 0.237 e. The Morgan fingerprint density at radius 2 is 2.04 bits per heavy atom. The predicted molar refractivity (Wildman–Crippen MR) is 97.1 cm³/mol. The van der Waals surface area contributed by atoms with Crippen LogP contribution in [-0.4, -0.2) is 44.7 Å². The molecular formula is C19H27N5O. The zero-order valence-corrected chi connectivity index (χ0v) is 15.3. The van der Waals surface area contributed by atoms with Gasteiger partial charge in [-0.3, -0.25) is 14.4 Å². The molecule has 0 fully saturated rings. The molecule has 134 valence electrons. The van der Waals surface area contributed by atoms with Gasteiger partial charge >= 0.3 is 0 Å². The van der Waals surface area contributed by atoms with Crippen LogP contribution >= 0.6 is 0 Å². The van der Waals surface area contributed by atoms with Gasteiger partial charge in [-0.15, -0.1) is 0 Å². The molecule has 0 unspecified atom stereocenters. The van der Waals surface area contributed by atoms with Gasteiger partial charge in [-0.25, -0.2) is 4.98 Å². The number of benzene rings is 1. The number of carbonyl (C=O) groups is 1. The van der Waals surface area contributed by atoms with E-state index in [1.54, 1.807) is 0 Å². The van der Waals surface area contributed by atoms with Crippen molar-refractivity contribution in [3.8, 4) is 0 Å². The molecule has 6 nitrogen and oxygen atoms in total. The number of fused-ring (bicyclic) bond motifs is 1. The number of hydrogen-bond donors (Lipinski definition) is 1. The van der Waals surface area contributed by atoms with Gasteiger partial charge in [-0.05, 0) is 44.7 Å². The first-order chi connectivity index (χ1) is 12.0. The standard InChI is InChI=1S/C19H27N5O/c1-14(23-12-9-17-7-4-5-8-18(17)13-23)19(25)20-10-6-11-24-16(3)21-15(2)22-24/h4-5,7-8,14H,6,9-13H2,1-3H3,(H,20,25)/t14-/m0/s1. The molecule has 1 aliphatic heterocycles. The van der Waals surface area contributed by atoms with Crippen LogP contribution in [0.15, 0.2) is 24.3 Å². The van der Waals surface area contributed by atoms with Gasteiger partial charge in [-0.1, -0.05) is 24.3 Å². The average molecular weight is 341 g/mol. The first-order valence-electron chi connectivity index (χ1n) is 9.01. The van der Waals surface area contributed by atoms with Crippen LogP contribution in [0.4, 0.5) is 0 Å². The molecule has 2 aromatic rings. The molecule has 3 rings (SSSR count). The van der Waals surface area contributed by atoms with Crippen molar-refractivity contribution in [3.05, 3.63) is 47.0 Å². The van der Waals surface area contributed by atoms with Crippen molar-refractivity contribution in [1.29, 1.82) is 0 Å². The van der Waals surface area contributed by atoms with Crippen LogP contribution in [0.3, 0.4) is 0 Å². The van der Waals surface area contributed by atoms with Crippen LogP contribution in [0.25, 0.3) is 0 Å². The molecule has 1 aliphatic rings. The van der Waals surface area contributed by atoms with E-state index >= 15 is 0 Å². The number of hydrogen-bond acceptors (Lipinski definition) is 4. The Hall–Kier alpha value is -2.21. The fraction of sp³-hybridized carbons (Fsp3) is 0.526. The van der Waals surface area contributed by atoms with E-state index in [9.17, 15) is 4.79 Å². The van der Waals surface area contributed by atoms with Gasteiger partial charge in [0.05, 0.1) is 6.04 Å². The second-order valence-electron chi connectivity index (χ2n) is 6.74. The third-order valence-electron chi connectivity index (χ3n) is 4.90. The van der Waals surface area contributed by atoms with E-state index in [1.807, 2.05) is 25.5 Å². The maximum absolute atomic E-state index is 12.4. The van der Waals surface area contributed by atoms with E-state index in [4.69, 9.17) is 0 Å². The number of rotatable bonds is 6. The lowest BCUT2D eigenvalue weighted by molar-refractivity contribution is -0.126. The normalized spacial score (nSPS) is 15.6. The molecule has 0 saturated heterocycles. The van der Waals surface area contributed by atoms with Gasteiger partial charge in [0, 0.05) is 26.2 Å². The molecule has 0 radical (unpaired) electrons. The SMILES string of the molecule is Cc1nc(C)n(CCCNC(=O)[C@H](C)N2CCc3ccccc3C2)n1. The van der Waals surface area contributed by atoms with Crippen molar-refractivity contribution in [3.63, 3.8) is 0 Å². The van der Waals surface area contributed by atoms with Gasteiger partial charge in [0.15, 0.2) is 0 Å². The first kappa shape index (κ1) is 17.6. The molecule has 6 heteroatoms. The highest BCUT2D eigenvalue weighted by Gasteiger charge is 2.24. The summed E-state index contributed by atoms with van der Waals surface area (Å²) in [5, 5.41) is 7.40. The van der Waals surface area contributed by atoms with E-state index in [0.717, 1.165) is 44.1 Å². The summed E-state index contributed by atoms with van der Waals surface area (Å²) in [7, 11) is 0. The lowest BCUT2D eigenvalue weighted by Crippen LogP contribution is -2.47. The second kappa shape index (κ2) is 7.78. The fourth-order valence-corrected chi connectivity index (χ4v) is 3.38. The van der Waals surface area contributed by atoms with Crippen molar-refractivity contribution in [1.82, 2.24) is 25.0 Å². The minimum atomic E-state index is -0.108. The van der Waals surface area contributed by atoms with E-state index in [-0.39, 0.29) is 11.9 Å².